The van der Waals surface area contributed by atoms with Crippen molar-refractivity contribution in [3.63, 3.8) is 0 Å². The molecule has 0 bridgehead atoms. The van der Waals surface area contributed by atoms with E-state index in [1.807, 2.05) is 26.0 Å². The molecule has 2 rings (SSSR count). The van der Waals surface area contributed by atoms with Crippen LogP contribution < -0.4 is 14.8 Å². The summed E-state index contributed by atoms with van der Waals surface area (Å²) in [5.74, 6) is 2.11. The maximum atomic E-state index is 12.6. The Kier molecular flexibility index (Phi) is 7.33. The molecule has 1 aliphatic rings. The molecule has 1 fully saturated rings. The van der Waals surface area contributed by atoms with Gasteiger partial charge in [-0.1, -0.05) is 19.8 Å². The number of rotatable bonds is 7. The molecule has 1 N–H and O–H groups in total. The molecule has 1 saturated carbocycles. The van der Waals surface area contributed by atoms with Gasteiger partial charge in [-0.05, 0) is 62.9 Å². The summed E-state index contributed by atoms with van der Waals surface area (Å²) in [5, 5.41) is 3.13. The van der Waals surface area contributed by atoms with Crippen molar-refractivity contribution in [1.82, 2.24) is 10.2 Å². The molecule has 5 heteroatoms. The van der Waals surface area contributed by atoms with Gasteiger partial charge in [0.15, 0.2) is 11.5 Å². The zero-order chi connectivity index (χ0) is 19.3. The highest BCUT2D eigenvalue weighted by atomic mass is 16.5. The molecule has 26 heavy (non-hydrogen) atoms. The van der Waals surface area contributed by atoms with Crippen LogP contribution in [0.25, 0.3) is 0 Å². The summed E-state index contributed by atoms with van der Waals surface area (Å²) in [5.41, 5.74) is 2.12. The predicted octanol–water partition coefficient (Wildman–Crippen LogP) is 3.70. The summed E-state index contributed by atoms with van der Waals surface area (Å²) in [4.78, 5) is 14.8. The Hall–Kier alpha value is -1.75. The topological polar surface area (TPSA) is 50.8 Å². The van der Waals surface area contributed by atoms with Crippen LogP contribution in [-0.2, 0) is 4.79 Å². The highest BCUT2D eigenvalue weighted by Gasteiger charge is 2.26. The van der Waals surface area contributed by atoms with E-state index >= 15 is 0 Å². The highest BCUT2D eigenvalue weighted by Crippen LogP contribution is 2.33. The summed E-state index contributed by atoms with van der Waals surface area (Å²) in [6.45, 7) is 6.77. The first kappa shape index (κ1) is 20.6. The zero-order valence-electron chi connectivity index (χ0n) is 17.1. The third kappa shape index (κ3) is 4.91. The summed E-state index contributed by atoms with van der Waals surface area (Å²) in [7, 11) is 5.32. The molecular weight excluding hydrogens is 328 g/mol. The monoisotopic (exact) mass is 362 g/mol. The van der Waals surface area contributed by atoms with Gasteiger partial charge < -0.3 is 14.8 Å². The van der Waals surface area contributed by atoms with Gasteiger partial charge in [-0.25, -0.2) is 0 Å². The number of aryl methyl sites for hydroxylation is 1. The fourth-order valence-electron chi connectivity index (χ4n) is 4.12. The van der Waals surface area contributed by atoms with Gasteiger partial charge in [0.05, 0.1) is 26.8 Å². The Bertz CT molecular complexity index is 618. The Morgan fingerprint density at radius 2 is 1.85 bits per heavy atom. The number of amides is 1. The largest absolute Gasteiger partial charge is 0.493 e. The number of benzene rings is 1. The third-order valence-electron chi connectivity index (χ3n) is 5.64. The number of ether oxygens (including phenoxy) is 2. The van der Waals surface area contributed by atoms with Crippen LogP contribution in [0.5, 0.6) is 11.5 Å². The fourth-order valence-corrected chi connectivity index (χ4v) is 4.12. The first-order chi connectivity index (χ1) is 12.4. The Morgan fingerprint density at radius 1 is 1.23 bits per heavy atom. The van der Waals surface area contributed by atoms with E-state index in [-0.39, 0.29) is 11.9 Å². The smallest absolute Gasteiger partial charge is 0.234 e. The number of nitrogens with one attached hydrogen (secondary N) is 1. The van der Waals surface area contributed by atoms with Crippen LogP contribution >= 0.6 is 0 Å². The summed E-state index contributed by atoms with van der Waals surface area (Å²) in [6.07, 6.45) is 5.03. The molecule has 0 saturated heterocycles. The molecule has 1 amide bonds. The second kappa shape index (κ2) is 9.26. The summed E-state index contributed by atoms with van der Waals surface area (Å²) in [6, 6.07) is 4.32. The molecule has 0 heterocycles. The number of hydrogen-bond acceptors (Lipinski definition) is 4. The Balaban J connectivity index is 2.00. The van der Waals surface area contributed by atoms with Gasteiger partial charge in [0.25, 0.3) is 0 Å². The lowest BCUT2D eigenvalue weighted by molar-refractivity contribution is -0.123. The third-order valence-corrected chi connectivity index (χ3v) is 5.64. The molecule has 1 aromatic carbocycles. The minimum atomic E-state index is -0.0838. The van der Waals surface area contributed by atoms with Crippen molar-refractivity contribution < 1.29 is 14.3 Å². The van der Waals surface area contributed by atoms with E-state index in [0.717, 1.165) is 11.1 Å². The minimum Gasteiger partial charge on any atom is -0.493 e. The van der Waals surface area contributed by atoms with Crippen molar-refractivity contribution in [3.8, 4) is 11.5 Å². The van der Waals surface area contributed by atoms with Crippen molar-refractivity contribution in [1.29, 1.82) is 0 Å². The van der Waals surface area contributed by atoms with Crippen LogP contribution in [0, 0.1) is 12.8 Å². The zero-order valence-corrected chi connectivity index (χ0v) is 17.1. The SMILES string of the molecule is COc1cc(C)c(C(C)NC(=O)CN(C)C2CCCCC2C)cc1OC. The molecule has 146 valence electrons. The van der Waals surface area contributed by atoms with Crippen LogP contribution in [0.4, 0.5) is 0 Å². The lowest BCUT2D eigenvalue weighted by atomic mass is 9.85. The molecule has 3 unspecified atom stereocenters. The van der Waals surface area contributed by atoms with Crippen LogP contribution in [-0.4, -0.2) is 44.7 Å². The molecular formula is C21H34N2O3. The van der Waals surface area contributed by atoms with Crippen molar-refractivity contribution in [3.05, 3.63) is 23.3 Å². The number of nitrogens with zero attached hydrogens (tertiary/aromatic N) is 1. The van der Waals surface area contributed by atoms with Gasteiger partial charge in [0.1, 0.15) is 0 Å². The molecule has 1 aliphatic carbocycles. The van der Waals surface area contributed by atoms with Gasteiger partial charge in [-0.3, -0.25) is 9.69 Å². The second-order valence-electron chi connectivity index (χ2n) is 7.60. The summed E-state index contributed by atoms with van der Waals surface area (Å²) < 4.78 is 10.7. The van der Waals surface area contributed by atoms with Crippen molar-refractivity contribution >= 4 is 5.91 Å². The van der Waals surface area contributed by atoms with Crippen LogP contribution in [0.1, 0.15) is 56.7 Å². The standard InChI is InChI=1S/C21H34N2O3/c1-14-9-7-8-10-18(14)23(4)13-21(24)22-16(3)17-12-20(26-6)19(25-5)11-15(17)2/h11-12,14,16,18H,7-10,13H2,1-6H3,(H,22,24). The lowest BCUT2D eigenvalue weighted by Crippen LogP contribution is -2.44. The van der Waals surface area contributed by atoms with E-state index in [2.05, 4.69) is 24.2 Å². The van der Waals surface area contributed by atoms with Gasteiger partial charge >= 0.3 is 0 Å². The highest BCUT2D eigenvalue weighted by molar-refractivity contribution is 5.78. The van der Waals surface area contributed by atoms with Crippen LogP contribution in [0.3, 0.4) is 0 Å². The van der Waals surface area contributed by atoms with E-state index < -0.39 is 0 Å². The van der Waals surface area contributed by atoms with Crippen LogP contribution in [0.15, 0.2) is 12.1 Å². The first-order valence-corrected chi connectivity index (χ1v) is 9.59. The van der Waals surface area contributed by atoms with E-state index in [1.54, 1.807) is 14.2 Å². The van der Waals surface area contributed by atoms with E-state index in [4.69, 9.17) is 9.47 Å². The maximum Gasteiger partial charge on any atom is 0.234 e. The second-order valence-corrected chi connectivity index (χ2v) is 7.60. The fraction of sp³-hybridized carbons (Fsp3) is 0.667. The Morgan fingerprint density at radius 3 is 2.46 bits per heavy atom. The average Bonchev–Trinajstić information content (AvgIpc) is 2.61. The lowest BCUT2D eigenvalue weighted by Gasteiger charge is -2.36. The number of hydrogen-bond donors (Lipinski definition) is 1. The van der Waals surface area contributed by atoms with Crippen molar-refractivity contribution in [2.45, 2.75) is 58.5 Å². The van der Waals surface area contributed by atoms with Gasteiger partial charge in [-0.2, -0.15) is 0 Å². The summed E-state index contributed by atoms with van der Waals surface area (Å²) >= 11 is 0. The molecule has 3 atom stereocenters. The Labute approximate surface area is 158 Å². The van der Waals surface area contributed by atoms with Gasteiger partial charge in [0, 0.05) is 6.04 Å². The quantitative estimate of drug-likeness (QED) is 0.803. The number of methoxy groups -OCH3 is 2. The molecule has 1 aromatic rings. The number of likely N-dealkylation sites (N-methyl/N-ethyl adjacent to an activating group) is 1. The van der Waals surface area contributed by atoms with Gasteiger partial charge in [0.2, 0.25) is 5.91 Å². The molecule has 0 radical (unpaired) electrons. The van der Waals surface area contributed by atoms with Crippen molar-refractivity contribution in [2.24, 2.45) is 5.92 Å². The number of carbonyl (C=O) groups excluding carboxylic acids is 1. The molecule has 0 aromatic heterocycles. The first-order valence-electron chi connectivity index (χ1n) is 9.59. The average molecular weight is 363 g/mol. The maximum absolute atomic E-state index is 12.6. The van der Waals surface area contributed by atoms with Crippen LogP contribution in [0.2, 0.25) is 0 Å². The predicted molar refractivity (Wildman–Crippen MR) is 105 cm³/mol. The molecule has 0 aliphatic heterocycles. The molecule has 0 spiro atoms. The normalized spacial score (nSPS) is 21.3. The molecule has 5 nitrogen and oxygen atoms in total. The van der Waals surface area contributed by atoms with Crippen molar-refractivity contribution in [2.75, 3.05) is 27.8 Å². The number of carbonyl (C=O) groups is 1. The van der Waals surface area contributed by atoms with E-state index in [0.29, 0.717) is 30.0 Å². The van der Waals surface area contributed by atoms with E-state index in [9.17, 15) is 4.79 Å². The minimum absolute atomic E-state index is 0.0620. The van der Waals surface area contributed by atoms with E-state index in [1.165, 1.54) is 25.7 Å². The van der Waals surface area contributed by atoms with Gasteiger partial charge in [-0.15, -0.1) is 0 Å².